The Kier molecular flexibility index (Phi) is 6.24. The van der Waals surface area contributed by atoms with Crippen molar-refractivity contribution in [1.82, 2.24) is 9.38 Å². The van der Waals surface area contributed by atoms with Crippen molar-refractivity contribution >= 4 is 23.1 Å². The van der Waals surface area contributed by atoms with E-state index < -0.39 is 5.97 Å². The standard InChI is InChI=1S/C28H34N4O4/c1-17-14-22(19(3)29-23-7-5-4-6-21(23)27(35)36)25-30-24(18(2)26(34)32(25)16-17)31-12-10-28(11-13-31)9-8-20(33)15-28/h4-7,14,16,19-20,29,33H,8-13,15H2,1-3H3,(H,35,36). The van der Waals surface area contributed by atoms with E-state index in [1.165, 1.54) is 0 Å². The molecule has 3 aromatic rings. The lowest BCUT2D eigenvalue weighted by Gasteiger charge is -2.40. The fourth-order valence-electron chi connectivity index (χ4n) is 6.04. The lowest BCUT2D eigenvalue weighted by Crippen LogP contribution is -2.41. The zero-order valence-corrected chi connectivity index (χ0v) is 21.1. The van der Waals surface area contributed by atoms with Gasteiger partial charge in [0.05, 0.1) is 23.3 Å². The Morgan fingerprint density at radius 3 is 2.58 bits per heavy atom. The average molecular weight is 491 g/mol. The lowest BCUT2D eigenvalue weighted by molar-refractivity contribution is 0.0698. The van der Waals surface area contributed by atoms with E-state index >= 15 is 0 Å². The number of aromatic carboxylic acids is 1. The summed E-state index contributed by atoms with van der Waals surface area (Å²) in [6, 6.07) is 8.54. The predicted octanol–water partition coefficient (Wildman–Crippen LogP) is 4.31. The van der Waals surface area contributed by atoms with Gasteiger partial charge in [0.15, 0.2) is 0 Å². The molecule has 1 aliphatic heterocycles. The van der Waals surface area contributed by atoms with Gasteiger partial charge in [0, 0.05) is 30.5 Å². The quantitative estimate of drug-likeness (QED) is 0.489. The number of carbonyl (C=O) groups is 1. The largest absolute Gasteiger partial charge is 0.478 e. The smallest absolute Gasteiger partial charge is 0.337 e. The third-order valence-electron chi connectivity index (χ3n) is 8.09. The number of piperidine rings is 1. The number of benzene rings is 1. The number of hydrogen-bond donors (Lipinski definition) is 3. The molecular formula is C28H34N4O4. The zero-order valence-electron chi connectivity index (χ0n) is 21.1. The van der Waals surface area contributed by atoms with Crippen molar-refractivity contribution in [1.29, 1.82) is 0 Å². The number of aliphatic hydroxyl groups is 1. The van der Waals surface area contributed by atoms with E-state index in [4.69, 9.17) is 4.98 Å². The Morgan fingerprint density at radius 2 is 1.92 bits per heavy atom. The number of aliphatic hydroxyl groups excluding tert-OH is 1. The maximum absolute atomic E-state index is 13.5. The van der Waals surface area contributed by atoms with Crippen LogP contribution >= 0.6 is 0 Å². The summed E-state index contributed by atoms with van der Waals surface area (Å²) in [4.78, 5) is 32.4. The normalized spacial score (nSPS) is 20.1. The summed E-state index contributed by atoms with van der Waals surface area (Å²) < 4.78 is 1.61. The van der Waals surface area contributed by atoms with E-state index in [0.29, 0.717) is 16.9 Å². The van der Waals surface area contributed by atoms with Gasteiger partial charge in [0.1, 0.15) is 11.5 Å². The molecule has 2 atom stereocenters. The predicted molar refractivity (Wildman–Crippen MR) is 140 cm³/mol. The number of carboxylic acid groups (broad SMARTS) is 1. The highest BCUT2D eigenvalue weighted by molar-refractivity contribution is 5.94. The molecule has 1 aliphatic carbocycles. The van der Waals surface area contributed by atoms with Gasteiger partial charge < -0.3 is 20.4 Å². The Morgan fingerprint density at radius 1 is 1.19 bits per heavy atom. The second kappa shape index (κ2) is 9.24. The number of pyridine rings is 1. The average Bonchev–Trinajstić information content (AvgIpc) is 3.21. The maximum atomic E-state index is 13.5. The van der Waals surface area contributed by atoms with Crippen molar-refractivity contribution in [3.63, 3.8) is 0 Å². The van der Waals surface area contributed by atoms with Crippen molar-refractivity contribution in [2.24, 2.45) is 5.41 Å². The first kappa shape index (κ1) is 24.3. The molecule has 1 saturated heterocycles. The van der Waals surface area contributed by atoms with E-state index in [1.807, 2.05) is 33.0 Å². The van der Waals surface area contributed by atoms with Crippen LogP contribution in [0.15, 0.2) is 41.3 Å². The number of nitrogens with one attached hydrogen (secondary N) is 1. The monoisotopic (exact) mass is 490 g/mol. The highest BCUT2D eigenvalue weighted by Crippen LogP contribution is 2.46. The van der Waals surface area contributed by atoms with Crippen molar-refractivity contribution < 1.29 is 15.0 Å². The first-order valence-corrected chi connectivity index (χ1v) is 12.7. The Hall–Kier alpha value is -3.39. The van der Waals surface area contributed by atoms with Crippen LogP contribution < -0.4 is 15.8 Å². The van der Waals surface area contributed by atoms with Gasteiger partial charge in [0.25, 0.3) is 5.56 Å². The molecular weight excluding hydrogens is 456 g/mol. The van der Waals surface area contributed by atoms with Crippen LogP contribution in [-0.2, 0) is 0 Å². The van der Waals surface area contributed by atoms with E-state index in [-0.39, 0.29) is 28.7 Å². The summed E-state index contributed by atoms with van der Waals surface area (Å²) in [5, 5.41) is 23.0. The fraction of sp³-hybridized carbons (Fsp3) is 0.464. The molecule has 1 saturated carbocycles. The molecule has 0 amide bonds. The van der Waals surface area contributed by atoms with Gasteiger partial charge >= 0.3 is 5.97 Å². The fourth-order valence-corrected chi connectivity index (χ4v) is 6.04. The summed E-state index contributed by atoms with van der Waals surface area (Å²) >= 11 is 0. The third-order valence-corrected chi connectivity index (χ3v) is 8.09. The second-order valence-electron chi connectivity index (χ2n) is 10.6. The van der Waals surface area contributed by atoms with Gasteiger partial charge in [-0.15, -0.1) is 0 Å². The number of fused-ring (bicyclic) bond motifs is 1. The number of rotatable bonds is 5. The minimum absolute atomic E-state index is 0.0883. The Labute approximate surface area is 210 Å². The Bertz CT molecular complexity index is 1370. The van der Waals surface area contributed by atoms with E-state index in [1.54, 1.807) is 28.7 Å². The van der Waals surface area contributed by atoms with Gasteiger partial charge in [0.2, 0.25) is 0 Å². The number of anilines is 2. The van der Waals surface area contributed by atoms with Crippen LogP contribution in [0.5, 0.6) is 0 Å². The number of nitrogens with zero attached hydrogens (tertiary/aromatic N) is 3. The first-order valence-electron chi connectivity index (χ1n) is 12.7. The van der Waals surface area contributed by atoms with Crippen LogP contribution in [0.3, 0.4) is 0 Å². The van der Waals surface area contributed by atoms with Crippen LogP contribution in [-0.4, -0.2) is 44.8 Å². The van der Waals surface area contributed by atoms with Crippen LogP contribution in [0.2, 0.25) is 0 Å². The molecule has 3 N–H and O–H groups in total. The molecule has 36 heavy (non-hydrogen) atoms. The van der Waals surface area contributed by atoms with Crippen LogP contribution in [0.4, 0.5) is 11.5 Å². The number of hydrogen-bond acceptors (Lipinski definition) is 6. The minimum atomic E-state index is -0.996. The number of carboxylic acids is 1. The molecule has 0 radical (unpaired) electrons. The van der Waals surface area contributed by atoms with Crippen LogP contribution in [0.1, 0.15) is 72.1 Å². The van der Waals surface area contributed by atoms with Crippen molar-refractivity contribution in [2.75, 3.05) is 23.3 Å². The molecule has 2 fully saturated rings. The molecule has 2 aliphatic rings. The first-order chi connectivity index (χ1) is 17.2. The molecule has 5 rings (SSSR count). The summed E-state index contributed by atoms with van der Waals surface area (Å²) in [5.41, 5.74) is 3.81. The summed E-state index contributed by atoms with van der Waals surface area (Å²) in [6.07, 6.45) is 6.44. The molecule has 8 nitrogen and oxygen atoms in total. The van der Waals surface area contributed by atoms with Gasteiger partial charge in [-0.1, -0.05) is 12.1 Å². The number of para-hydroxylation sites is 1. The molecule has 2 aromatic heterocycles. The van der Waals surface area contributed by atoms with Gasteiger partial charge in [-0.2, -0.15) is 0 Å². The minimum Gasteiger partial charge on any atom is -0.478 e. The van der Waals surface area contributed by atoms with Crippen molar-refractivity contribution in [3.8, 4) is 0 Å². The van der Waals surface area contributed by atoms with E-state index in [9.17, 15) is 19.8 Å². The topological polar surface area (TPSA) is 107 Å². The SMILES string of the molecule is Cc1cc(C(C)Nc2ccccc2C(=O)O)c2nc(N3CCC4(CCC(O)C4)CC3)c(C)c(=O)n2c1. The zero-order chi connectivity index (χ0) is 25.6. The van der Waals surface area contributed by atoms with Gasteiger partial charge in [-0.25, -0.2) is 9.78 Å². The highest BCUT2D eigenvalue weighted by atomic mass is 16.4. The molecule has 1 aromatic carbocycles. The molecule has 2 unspecified atom stereocenters. The molecule has 8 heteroatoms. The van der Waals surface area contributed by atoms with Gasteiger partial charge in [-0.3, -0.25) is 9.20 Å². The second-order valence-corrected chi connectivity index (χ2v) is 10.6. The summed E-state index contributed by atoms with van der Waals surface area (Å²) in [5.74, 6) is -0.277. The lowest BCUT2D eigenvalue weighted by atomic mass is 9.77. The molecule has 190 valence electrons. The molecule has 3 heterocycles. The summed E-state index contributed by atoms with van der Waals surface area (Å²) in [7, 11) is 0. The van der Waals surface area contributed by atoms with Crippen LogP contribution in [0, 0.1) is 19.3 Å². The molecule has 0 bridgehead atoms. The number of aromatic nitrogens is 2. The van der Waals surface area contributed by atoms with Gasteiger partial charge in [-0.05, 0) is 82.1 Å². The maximum Gasteiger partial charge on any atom is 0.337 e. The van der Waals surface area contributed by atoms with E-state index in [2.05, 4.69) is 10.2 Å². The summed E-state index contributed by atoms with van der Waals surface area (Å²) in [6.45, 7) is 7.37. The number of aryl methyl sites for hydroxylation is 1. The third kappa shape index (κ3) is 4.34. The van der Waals surface area contributed by atoms with Crippen molar-refractivity contribution in [2.45, 2.75) is 65.0 Å². The van der Waals surface area contributed by atoms with Crippen molar-refractivity contribution in [3.05, 3.63) is 69.1 Å². The van der Waals surface area contributed by atoms with E-state index in [0.717, 1.165) is 62.1 Å². The highest BCUT2D eigenvalue weighted by Gasteiger charge is 2.41. The molecule has 1 spiro atoms. The Balaban J connectivity index is 1.51. The van der Waals surface area contributed by atoms with Crippen LogP contribution in [0.25, 0.3) is 5.65 Å².